The van der Waals surface area contributed by atoms with E-state index in [4.69, 9.17) is 0 Å². The van der Waals surface area contributed by atoms with Crippen molar-refractivity contribution in [3.63, 3.8) is 0 Å². The van der Waals surface area contributed by atoms with Gasteiger partial charge in [-0.2, -0.15) is 0 Å². The van der Waals surface area contributed by atoms with Crippen molar-refractivity contribution in [2.75, 3.05) is 13.6 Å². The summed E-state index contributed by atoms with van der Waals surface area (Å²) >= 11 is 0. The van der Waals surface area contributed by atoms with Gasteiger partial charge in [-0.05, 0) is 45.7 Å². The van der Waals surface area contributed by atoms with Crippen LogP contribution >= 0.6 is 0 Å². The summed E-state index contributed by atoms with van der Waals surface area (Å²) in [5.41, 5.74) is -0.704. The molecule has 0 radical (unpaired) electrons. The van der Waals surface area contributed by atoms with Gasteiger partial charge in [-0.15, -0.1) is 0 Å². The first-order valence-electron chi connectivity index (χ1n) is 7.04. The molecule has 1 aliphatic carbocycles. The van der Waals surface area contributed by atoms with Crippen LogP contribution in [0.2, 0.25) is 0 Å². The fourth-order valence-corrected chi connectivity index (χ4v) is 2.94. The summed E-state index contributed by atoms with van der Waals surface area (Å²) in [4.78, 5) is 13.9. The smallest absolute Gasteiger partial charge is 0.323 e. The molecule has 4 nitrogen and oxygen atoms in total. The van der Waals surface area contributed by atoms with Gasteiger partial charge in [0.05, 0.1) is 0 Å². The van der Waals surface area contributed by atoms with Crippen LogP contribution in [0, 0.1) is 5.92 Å². The van der Waals surface area contributed by atoms with Crippen molar-refractivity contribution in [1.82, 2.24) is 10.2 Å². The monoisotopic (exact) mass is 256 g/mol. The Bertz CT molecular complexity index is 294. The van der Waals surface area contributed by atoms with Gasteiger partial charge in [0.1, 0.15) is 5.54 Å². The minimum absolute atomic E-state index is 0.373. The number of likely N-dealkylation sites (N-methyl/N-ethyl adjacent to an activating group) is 1. The zero-order chi connectivity index (χ0) is 13.9. The highest BCUT2D eigenvalue weighted by Gasteiger charge is 2.46. The Morgan fingerprint density at radius 2 is 2.11 bits per heavy atom. The number of nitrogens with one attached hydrogen (secondary N) is 1. The van der Waals surface area contributed by atoms with Gasteiger partial charge in [0.25, 0.3) is 0 Å². The fourth-order valence-electron chi connectivity index (χ4n) is 2.94. The molecule has 0 aromatic carbocycles. The molecule has 0 saturated heterocycles. The van der Waals surface area contributed by atoms with E-state index in [0.717, 1.165) is 12.8 Å². The van der Waals surface area contributed by atoms with E-state index in [1.165, 1.54) is 0 Å². The average Bonchev–Trinajstić information content (AvgIpc) is 2.73. The molecular weight excluding hydrogens is 228 g/mol. The maximum atomic E-state index is 11.5. The van der Waals surface area contributed by atoms with Crippen LogP contribution in [0.15, 0.2) is 0 Å². The lowest BCUT2D eigenvalue weighted by Crippen LogP contribution is -2.51. The third-order valence-corrected chi connectivity index (χ3v) is 4.60. The number of aliphatic carboxylic acids is 1. The van der Waals surface area contributed by atoms with E-state index in [0.29, 0.717) is 31.0 Å². The van der Waals surface area contributed by atoms with E-state index < -0.39 is 11.5 Å². The number of hydrogen-bond acceptors (Lipinski definition) is 3. The molecule has 3 atom stereocenters. The zero-order valence-electron chi connectivity index (χ0n) is 12.4. The number of carbonyl (C=O) groups is 1. The fraction of sp³-hybridized carbons (Fsp3) is 0.929. The summed E-state index contributed by atoms with van der Waals surface area (Å²) in [5, 5.41) is 12.6. The van der Waals surface area contributed by atoms with Gasteiger partial charge >= 0.3 is 5.97 Å². The molecule has 4 heteroatoms. The van der Waals surface area contributed by atoms with Crippen molar-refractivity contribution in [2.24, 2.45) is 5.92 Å². The van der Waals surface area contributed by atoms with Gasteiger partial charge < -0.3 is 15.3 Å². The van der Waals surface area contributed by atoms with E-state index in [2.05, 4.69) is 38.0 Å². The van der Waals surface area contributed by atoms with Crippen molar-refractivity contribution in [3.05, 3.63) is 0 Å². The molecule has 1 saturated carbocycles. The predicted molar refractivity (Wildman–Crippen MR) is 73.7 cm³/mol. The number of rotatable bonds is 6. The summed E-state index contributed by atoms with van der Waals surface area (Å²) in [6, 6.07) is 0.860. The number of hydrogen-bond donors (Lipinski definition) is 2. The molecular formula is C14H28N2O2. The molecule has 18 heavy (non-hydrogen) atoms. The first-order valence-corrected chi connectivity index (χ1v) is 7.04. The van der Waals surface area contributed by atoms with Crippen LogP contribution in [-0.2, 0) is 4.79 Å². The molecule has 1 rings (SSSR count). The van der Waals surface area contributed by atoms with Gasteiger partial charge in [-0.25, -0.2) is 0 Å². The SMILES string of the molecule is CCNC1(C(=O)O)CCC(N(C)C(C)C(C)C)C1. The molecule has 0 aliphatic heterocycles. The van der Waals surface area contributed by atoms with E-state index in [1.54, 1.807) is 0 Å². The second-order valence-electron chi connectivity index (χ2n) is 5.96. The van der Waals surface area contributed by atoms with E-state index in [-0.39, 0.29) is 0 Å². The number of nitrogens with zero attached hydrogens (tertiary/aromatic N) is 1. The standard InChI is InChI=1S/C14H28N2O2/c1-6-15-14(13(17)18)8-7-12(9-14)16(5)11(4)10(2)3/h10-12,15H,6-9H2,1-5H3,(H,17,18). The second kappa shape index (κ2) is 6.02. The van der Waals surface area contributed by atoms with Crippen molar-refractivity contribution >= 4 is 5.97 Å². The largest absolute Gasteiger partial charge is 0.480 e. The number of carboxylic acid groups (broad SMARTS) is 1. The molecule has 0 bridgehead atoms. The normalized spacial score (nSPS) is 30.1. The molecule has 1 fully saturated rings. The summed E-state index contributed by atoms with van der Waals surface area (Å²) in [6.45, 7) is 9.33. The van der Waals surface area contributed by atoms with Crippen molar-refractivity contribution in [3.8, 4) is 0 Å². The van der Waals surface area contributed by atoms with Crippen LogP contribution < -0.4 is 5.32 Å². The van der Waals surface area contributed by atoms with Gasteiger partial charge in [0.15, 0.2) is 0 Å². The third kappa shape index (κ3) is 3.04. The minimum atomic E-state index is -0.704. The molecule has 0 aromatic rings. The third-order valence-electron chi connectivity index (χ3n) is 4.60. The Kier molecular flexibility index (Phi) is 5.17. The van der Waals surface area contributed by atoms with Crippen LogP contribution in [0.5, 0.6) is 0 Å². The minimum Gasteiger partial charge on any atom is -0.480 e. The molecule has 1 aliphatic rings. The lowest BCUT2D eigenvalue weighted by atomic mass is 9.96. The zero-order valence-corrected chi connectivity index (χ0v) is 12.4. The van der Waals surface area contributed by atoms with Crippen LogP contribution in [0.25, 0.3) is 0 Å². The van der Waals surface area contributed by atoms with Gasteiger partial charge in [0, 0.05) is 12.1 Å². The highest BCUT2D eigenvalue weighted by Crippen LogP contribution is 2.34. The van der Waals surface area contributed by atoms with Crippen molar-refractivity contribution in [2.45, 2.75) is 64.6 Å². The van der Waals surface area contributed by atoms with Crippen LogP contribution in [0.4, 0.5) is 0 Å². The Morgan fingerprint density at radius 1 is 1.50 bits per heavy atom. The first kappa shape index (κ1) is 15.4. The highest BCUT2D eigenvalue weighted by atomic mass is 16.4. The second-order valence-corrected chi connectivity index (χ2v) is 5.96. The average molecular weight is 256 g/mol. The Balaban J connectivity index is 2.72. The van der Waals surface area contributed by atoms with Crippen molar-refractivity contribution < 1.29 is 9.90 Å². The quantitative estimate of drug-likeness (QED) is 0.762. The Hall–Kier alpha value is -0.610. The number of carboxylic acids is 1. The molecule has 106 valence electrons. The molecule has 0 heterocycles. The maximum Gasteiger partial charge on any atom is 0.323 e. The van der Waals surface area contributed by atoms with Crippen molar-refractivity contribution in [1.29, 1.82) is 0 Å². The molecule has 2 N–H and O–H groups in total. The summed E-state index contributed by atoms with van der Waals surface area (Å²) < 4.78 is 0. The first-order chi connectivity index (χ1) is 8.34. The van der Waals surface area contributed by atoms with Crippen LogP contribution in [0.3, 0.4) is 0 Å². The molecule has 0 aromatic heterocycles. The van der Waals surface area contributed by atoms with E-state index >= 15 is 0 Å². The predicted octanol–water partition coefficient (Wildman–Crippen LogP) is 1.95. The molecule has 0 amide bonds. The van der Waals surface area contributed by atoms with Crippen LogP contribution in [0.1, 0.15) is 47.0 Å². The van der Waals surface area contributed by atoms with Gasteiger partial charge in [-0.3, -0.25) is 4.79 Å². The van der Waals surface area contributed by atoms with Gasteiger partial charge in [0.2, 0.25) is 0 Å². The topological polar surface area (TPSA) is 52.6 Å². The lowest BCUT2D eigenvalue weighted by Gasteiger charge is -2.34. The Morgan fingerprint density at radius 3 is 2.56 bits per heavy atom. The summed E-state index contributed by atoms with van der Waals surface area (Å²) in [7, 11) is 2.12. The molecule has 0 spiro atoms. The summed E-state index contributed by atoms with van der Waals surface area (Å²) in [6.07, 6.45) is 2.41. The van der Waals surface area contributed by atoms with E-state index in [9.17, 15) is 9.90 Å². The van der Waals surface area contributed by atoms with Gasteiger partial charge in [-0.1, -0.05) is 20.8 Å². The highest BCUT2D eigenvalue weighted by molar-refractivity contribution is 5.79. The van der Waals surface area contributed by atoms with Crippen LogP contribution in [-0.4, -0.2) is 47.2 Å². The molecule has 3 unspecified atom stereocenters. The Labute approximate surface area is 111 Å². The summed E-state index contributed by atoms with van der Waals surface area (Å²) in [5.74, 6) is -0.105. The lowest BCUT2D eigenvalue weighted by molar-refractivity contribution is -0.144. The maximum absolute atomic E-state index is 11.5. The van der Waals surface area contributed by atoms with E-state index in [1.807, 2.05) is 6.92 Å².